The van der Waals surface area contributed by atoms with Gasteiger partial charge in [-0.25, -0.2) is 0 Å². The second-order valence-corrected chi connectivity index (χ2v) is 5.51. The number of anilines is 1. The fourth-order valence-corrected chi connectivity index (χ4v) is 2.91. The molecule has 0 radical (unpaired) electrons. The highest BCUT2D eigenvalue weighted by molar-refractivity contribution is 5.99. The third-order valence-electron chi connectivity index (χ3n) is 3.98. The minimum absolute atomic E-state index is 0.000222. The number of pyridine rings is 1. The second kappa shape index (κ2) is 7.98. The van der Waals surface area contributed by atoms with E-state index < -0.39 is 0 Å². The Bertz CT molecular complexity index is 459. The van der Waals surface area contributed by atoms with Crippen molar-refractivity contribution in [2.45, 2.75) is 45.1 Å². The molecule has 2 rings (SSSR count). The Hall–Kier alpha value is -1.62. The molecule has 116 valence electrons. The average molecular weight is 291 g/mol. The standard InChI is InChI=1S/C16H25N3O2/c1-2-8-18-15-7-9-17-12-14(15)16(21)19(10-11-20)13-5-3-4-6-13/h7,9,12-13,20H,2-6,8,10-11H2,1H3,(H,17,18). The van der Waals surface area contributed by atoms with E-state index in [1.54, 1.807) is 12.4 Å². The van der Waals surface area contributed by atoms with Gasteiger partial charge in [-0.1, -0.05) is 19.8 Å². The van der Waals surface area contributed by atoms with Crippen LogP contribution in [0.25, 0.3) is 0 Å². The van der Waals surface area contributed by atoms with Crippen molar-refractivity contribution in [2.24, 2.45) is 0 Å². The van der Waals surface area contributed by atoms with Gasteiger partial charge in [0.15, 0.2) is 0 Å². The van der Waals surface area contributed by atoms with Crippen molar-refractivity contribution in [3.63, 3.8) is 0 Å². The van der Waals surface area contributed by atoms with E-state index in [2.05, 4.69) is 17.2 Å². The van der Waals surface area contributed by atoms with Gasteiger partial charge in [0.25, 0.3) is 5.91 Å². The van der Waals surface area contributed by atoms with E-state index in [1.165, 1.54) is 0 Å². The molecular weight excluding hydrogens is 266 g/mol. The van der Waals surface area contributed by atoms with Crippen LogP contribution in [0.1, 0.15) is 49.4 Å². The molecule has 0 atom stereocenters. The number of carbonyl (C=O) groups is 1. The summed E-state index contributed by atoms with van der Waals surface area (Å²) in [6.07, 6.45) is 8.70. The first-order valence-corrected chi connectivity index (χ1v) is 7.87. The molecule has 0 spiro atoms. The maximum Gasteiger partial charge on any atom is 0.257 e. The predicted octanol–water partition coefficient (Wildman–Crippen LogP) is 2.28. The first-order valence-electron chi connectivity index (χ1n) is 7.87. The fraction of sp³-hybridized carbons (Fsp3) is 0.625. The number of amides is 1. The van der Waals surface area contributed by atoms with Crippen LogP contribution in [0.15, 0.2) is 18.5 Å². The van der Waals surface area contributed by atoms with Gasteiger partial charge in [0.1, 0.15) is 0 Å². The second-order valence-electron chi connectivity index (χ2n) is 5.51. The predicted molar refractivity (Wildman–Crippen MR) is 83.4 cm³/mol. The van der Waals surface area contributed by atoms with Crippen molar-refractivity contribution in [2.75, 3.05) is 25.0 Å². The molecule has 21 heavy (non-hydrogen) atoms. The van der Waals surface area contributed by atoms with Gasteiger partial charge >= 0.3 is 0 Å². The number of aliphatic hydroxyl groups excluding tert-OH is 1. The summed E-state index contributed by atoms with van der Waals surface area (Å²) in [4.78, 5) is 18.8. The molecule has 1 aromatic rings. The fourth-order valence-electron chi connectivity index (χ4n) is 2.91. The molecule has 1 aromatic heterocycles. The van der Waals surface area contributed by atoms with Gasteiger partial charge in [0, 0.05) is 31.5 Å². The molecule has 1 amide bonds. The normalized spacial score (nSPS) is 15.1. The Labute approximate surface area is 126 Å². The highest BCUT2D eigenvalue weighted by atomic mass is 16.3. The lowest BCUT2D eigenvalue weighted by Gasteiger charge is -2.29. The molecule has 0 aliphatic heterocycles. The molecule has 1 aliphatic carbocycles. The lowest BCUT2D eigenvalue weighted by atomic mass is 10.1. The molecule has 0 aromatic carbocycles. The molecular formula is C16H25N3O2. The van der Waals surface area contributed by atoms with Gasteiger partial charge in [0.2, 0.25) is 0 Å². The number of nitrogens with one attached hydrogen (secondary N) is 1. The zero-order chi connectivity index (χ0) is 15.1. The molecule has 0 unspecified atom stereocenters. The Morgan fingerprint density at radius 1 is 1.48 bits per heavy atom. The SMILES string of the molecule is CCCNc1ccncc1C(=O)N(CCO)C1CCCC1. The van der Waals surface area contributed by atoms with Crippen molar-refractivity contribution in [3.8, 4) is 0 Å². The van der Waals surface area contributed by atoms with Crippen LogP contribution >= 0.6 is 0 Å². The summed E-state index contributed by atoms with van der Waals surface area (Å²) in [7, 11) is 0. The van der Waals surface area contributed by atoms with Crippen molar-refractivity contribution in [1.82, 2.24) is 9.88 Å². The molecule has 5 nitrogen and oxygen atoms in total. The van der Waals surface area contributed by atoms with Gasteiger partial charge in [-0.3, -0.25) is 9.78 Å². The average Bonchev–Trinajstić information content (AvgIpc) is 3.04. The number of nitrogens with zero attached hydrogens (tertiary/aromatic N) is 2. The van der Waals surface area contributed by atoms with E-state index in [0.29, 0.717) is 12.1 Å². The summed E-state index contributed by atoms with van der Waals surface area (Å²) in [5.74, 6) is -0.0253. The van der Waals surface area contributed by atoms with Gasteiger partial charge in [-0.15, -0.1) is 0 Å². The topological polar surface area (TPSA) is 65.5 Å². The van der Waals surface area contributed by atoms with Crippen LogP contribution in [-0.4, -0.2) is 46.6 Å². The maximum absolute atomic E-state index is 12.8. The highest BCUT2D eigenvalue weighted by Crippen LogP contribution is 2.26. The largest absolute Gasteiger partial charge is 0.395 e. The summed E-state index contributed by atoms with van der Waals surface area (Å²) < 4.78 is 0. The number of aliphatic hydroxyl groups is 1. The number of rotatable bonds is 7. The maximum atomic E-state index is 12.8. The number of carbonyl (C=O) groups excluding carboxylic acids is 1. The van der Waals surface area contributed by atoms with Crippen LogP contribution in [0.4, 0.5) is 5.69 Å². The summed E-state index contributed by atoms with van der Waals surface area (Å²) in [5.41, 5.74) is 1.43. The zero-order valence-electron chi connectivity index (χ0n) is 12.7. The molecule has 1 fully saturated rings. The van der Waals surface area contributed by atoms with Crippen LogP contribution in [0.2, 0.25) is 0 Å². The highest BCUT2D eigenvalue weighted by Gasteiger charge is 2.28. The molecule has 1 heterocycles. The number of aromatic nitrogens is 1. The zero-order valence-corrected chi connectivity index (χ0v) is 12.7. The molecule has 1 aliphatic rings. The van der Waals surface area contributed by atoms with Gasteiger partial charge in [0.05, 0.1) is 17.9 Å². The van der Waals surface area contributed by atoms with Crippen LogP contribution in [0.5, 0.6) is 0 Å². The molecule has 0 saturated heterocycles. The van der Waals surface area contributed by atoms with E-state index in [4.69, 9.17) is 0 Å². The van der Waals surface area contributed by atoms with E-state index in [0.717, 1.165) is 44.3 Å². The summed E-state index contributed by atoms with van der Waals surface area (Å²) in [6, 6.07) is 2.10. The van der Waals surface area contributed by atoms with E-state index in [-0.39, 0.29) is 18.6 Å². The van der Waals surface area contributed by atoms with Crippen molar-refractivity contribution < 1.29 is 9.90 Å². The first-order chi connectivity index (χ1) is 10.3. The summed E-state index contributed by atoms with van der Waals surface area (Å²) in [6.45, 7) is 3.31. The van der Waals surface area contributed by atoms with E-state index >= 15 is 0 Å². The quantitative estimate of drug-likeness (QED) is 0.809. The molecule has 2 N–H and O–H groups in total. The summed E-state index contributed by atoms with van der Waals surface area (Å²) >= 11 is 0. The van der Waals surface area contributed by atoms with E-state index in [1.807, 2.05) is 11.0 Å². The Morgan fingerprint density at radius 3 is 2.90 bits per heavy atom. The van der Waals surface area contributed by atoms with Crippen molar-refractivity contribution in [3.05, 3.63) is 24.0 Å². The number of hydrogen-bond donors (Lipinski definition) is 2. The Balaban J connectivity index is 2.19. The van der Waals surface area contributed by atoms with Crippen LogP contribution in [0, 0.1) is 0 Å². The Morgan fingerprint density at radius 2 is 2.24 bits per heavy atom. The lowest BCUT2D eigenvalue weighted by molar-refractivity contribution is 0.0638. The summed E-state index contributed by atoms with van der Waals surface area (Å²) in [5, 5.41) is 12.6. The molecule has 0 bridgehead atoms. The van der Waals surface area contributed by atoms with Crippen LogP contribution in [0.3, 0.4) is 0 Å². The van der Waals surface area contributed by atoms with Crippen LogP contribution in [-0.2, 0) is 0 Å². The smallest absolute Gasteiger partial charge is 0.257 e. The molecule has 5 heteroatoms. The Kier molecular flexibility index (Phi) is 5.99. The minimum atomic E-state index is -0.0253. The van der Waals surface area contributed by atoms with Gasteiger partial charge in [-0.05, 0) is 25.3 Å². The van der Waals surface area contributed by atoms with Crippen LogP contribution < -0.4 is 5.32 Å². The third kappa shape index (κ3) is 3.94. The van der Waals surface area contributed by atoms with Gasteiger partial charge in [-0.2, -0.15) is 0 Å². The van der Waals surface area contributed by atoms with E-state index in [9.17, 15) is 9.90 Å². The van der Waals surface area contributed by atoms with Crippen molar-refractivity contribution in [1.29, 1.82) is 0 Å². The number of hydrogen-bond acceptors (Lipinski definition) is 4. The first kappa shape index (κ1) is 15.8. The van der Waals surface area contributed by atoms with Gasteiger partial charge < -0.3 is 15.3 Å². The lowest BCUT2D eigenvalue weighted by Crippen LogP contribution is -2.41. The third-order valence-corrected chi connectivity index (χ3v) is 3.98. The minimum Gasteiger partial charge on any atom is -0.395 e. The monoisotopic (exact) mass is 291 g/mol. The van der Waals surface area contributed by atoms with Crippen molar-refractivity contribution >= 4 is 11.6 Å². The molecule has 1 saturated carbocycles.